The van der Waals surface area contributed by atoms with Gasteiger partial charge in [0.15, 0.2) is 5.16 Å². The number of carbonyl (C=O) groups excluding carboxylic acids is 1. The summed E-state index contributed by atoms with van der Waals surface area (Å²) in [6.07, 6.45) is 3.19. The molecule has 0 bridgehead atoms. The van der Waals surface area contributed by atoms with E-state index in [0.29, 0.717) is 20.9 Å². The van der Waals surface area contributed by atoms with Crippen molar-refractivity contribution in [2.24, 2.45) is 0 Å². The van der Waals surface area contributed by atoms with Crippen LogP contribution in [0.1, 0.15) is 10.4 Å². The summed E-state index contributed by atoms with van der Waals surface area (Å²) in [5.74, 6) is -0.438. The lowest BCUT2D eigenvalue weighted by Gasteiger charge is -2.08. The van der Waals surface area contributed by atoms with Crippen LogP contribution in [-0.2, 0) is 0 Å². The van der Waals surface area contributed by atoms with Crippen LogP contribution in [0.4, 0.5) is 5.69 Å². The number of anilines is 1. The third-order valence-electron chi connectivity index (χ3n) is 2.33. The van der Waals surface area contributed by atoms with E-state index in [-0.39, 0.29) is 10.7 Å². The number of carbonyl (C=O) groups is 1. The average Bonchev–Trinajstić information content (AvgIpc) is 2.41. The van der Waals surface area contributed by atoms with Crippen molar-refractivity contribution in [1.82, 2.24) is 9.97 Å². The summed E-state index contributed by atoms with van der Waals surface area (Å²) in [5, 5.41) is 4.04. The first kappa shape index (κ1) is 15.4. The van der Waals surface area contributed by atoms with Crippen LogP contribution in [-0.4, -0.2) is 22.1 Å². The van der Waals surface area contributed by atoms with Crippen molar-refractivity contribution >= 4 is 58.2 Å². The molecule has 1 N–H and O–H groups in total. The molecule has 0 fully saturated rings. The van der Waals surface area contributed by atoms with Gasteiger partial charge in [-0.3, -0.25) is 4.79 Å². The molecule has 0 spiro atoms. The summed E-state index contributed by atoms with van der Waals surface area (Å²) in [4.78, 5) is 20.1. The number of rotatable bonds is 3. The second-order valence-electron chi connectivity index (χ2n) is 3.64. The van der Waals surface area contributed by atoms with Gasteiger partial charge in [0.25, 0.3) is 5.91 Å². The lowest BCUT2D eigenvalue weighted by molar-refractivity contribution is 0.102. The summed E-state index contributed by atoms with van der Waals surface area (Å²) in [5.41, 5.74) is 0.613. The Kier molecular flexibility index (Phi) is 5.10. The van der Waals surface area contributed by atoms with E-state index < -0.39 is 5.91 Å². The Balaban J connectivity index is 2.24. The van der Waals surface area contributed by atoms with Crippen molar-refractivity contribution in [2.45, 2.75) is 5.16 Å². The largest absolute Gasteiger partial charge is 0.320 e. The van der Waals surface area contributed by atoms with E-state index >= 15 is 0 Å². The van der Waals surface area contributed by atoms with Crippen LogP contribution < -0.4 is 5.32 Å². The Hall–Kier alpha value is -1.01. The predicted octanol–water partition coefficient (Wildman–Crippen LogP) is 4.41. The quantitative estimate of drug-likeness (QED) is 0.507. The number of aromatic nitrogens is 2. The molecule has 1 aromatic heterocycles. The van der Waals surface area contributed by atoms with Crippen molar-refractivity contribution in [1.29, 1.82) is 0 Å². The molecule has 2 aromatic rings. The molecule has 0 saturated heterocycles. The van der Waals surface area contributed by atoms with Crippen molar-refractivity contribution < 1.29 is 4.79 Å². The third-order valence-corrected chi connectivity index (χ3v) is 3.72. The number of nitrogens with zero attached hydrogens (tertiary/aromatic N) is 2. The highest BCUT2D eigenvalue weighted by Crippen LogP contribution is 2.26. The van der Waals surface area contributed by atoms with Gasteiger partial charge in [0.1, 0.15) is 5.15 Å². The van der Waals surface area contributed by atoms with Crippen molar-refractivity contribution in [2.75, 3.05) is 11.6 Å². The topological polar surface area (TPSA) is 54.9 Å². The van der Waals surface area contributed by atoms with Gasteiger partial charge in [0.2, 0.25) is 0 Å². The number of thioether (sulfide) groups is 1. The molecule has 104 valence electrons. The zero-order chi connectivity index (χ0) is 14.7. The fourth-order valence-corrected chi connectivity index (χ4v) is 2.44. The lowest BCUT2D eigenvalue weighted by atomic mass is 10.2. The Morgan fingerprint density at radius 3 is 2.65 bits per heavy atom. The Morgan fingerprint density at radius 1 is 1.30 bits per heavy atom. The Bertz CT molecular complexity index is 666. The highest BCUT2D eigenvalue weighted by Gasteiger charge is 2.14. The molecule has 0 aliphatic rings. The standard InChI is InChI=1S/C12H8Cl3N3OS/c1-20-12-16-5-7(10(15)18-12)11(19)17-9-3-2-6(13)4-8(9)14/h2-5H,1H3,(H,17,19). The first-order chi connectivity index (χ1) is 9.51. The highest BCUT2D eigenvalue weighted by atomic mass is 35.5. The van der Waals surface area contributed by atoms with Gasteiger partial charge < -0.3 is 5.32 Å². The van der Waals surface area contributed by atoms with Crippen LogP contribution in [0, 0.1) is 0 Å². The summed E-state index contributed by atoms with van der Waals surface area (Å²) >= 11 is 19.1. The minimum Gasteiger partial charge on any atom is -0.320 e. The molecular weight excluding hydrogens is 341 g/mol. The normalized spacial score (nSPS) is 10.4. The molecule has 4 nitrogen and oxygen atoms in total. The second-order valence-corrected chi connectivity index (χ2v) is 5.61. The third kappa shape index (κ3) is 3.55. The van der Waals surface area contributed by atoms with Gasteiger partial charge in [0.05, 0.1) is 16.3 Å². The summed E-state index contributed by atoms with van der Waals surface area (Å²) in [6.45, 7) is 0. The molecule has 0 aliphatic heterocycles. The molecule has 0 atom stereocenters. The van der Waals surface area contributed by atoms with Gasteiger partial charge in [-0.15, -0.1) is 0 Å². The Morgan fingerprint density at radius 2 is 2.05 bits per heavy atom. The lowest BCUT2D eigenvalue weighted by Crippen LogP contribution is -2.14. The Labute approximate surface area is 134 Å². The van der Waals surface area contributed by atoms with Gasteiger partial charge >= 0.3 is 0 Å². The zero-order valence-electron chi connectivity index (χ0n) is 10.2. The molecule has 0 radical (unpaired) electrons. The molecule has 0 saturated carbocycles. The van der Waals surface area contributed by atoms with Crippen LogP contribution in [0.15, 0.2) is 29.6 Å². The van der Waals surface area contributed by atoms with Gasteiger partial charge in [0, 0.05) is 11.2 Å². The highest BCUT2D eigenvalue weighted by molar-refractivity contribution is 7.98. The summed E-state index contributed by atoms with van der Waals surface area (Å²) < 4.78 is 0. The van der Waals surface area contributed by atoms with Crippen molar-refractivity contribution in [3.63, 3.8) is 0 Å². The number of halogens is 3. The molecule has 0 aliphatic carbocycles. The first-order valence-corrected chi connectivity index (χ1v) is 7.70. The average molecular weight is 349 g/mol. The number of benzene rings is 1. The van der Waals surface area contributed by atoms with Gasteiger partial charge in [-0.2, -0.15) is 0 Å². The molecule has 20 heavy (non-hydrogen) atoms. The van der Waals surface area contributed by atoms with Crippen molar-refractivity contribution in [3.8, 4) is 0 Å². The smallest absolute Gasteiger partial charge is 0.260 e. The zero-order valence-corrected chi connectivity index (χ0v) is 13.2. The molecular formula is C12H8Cl3N3OS. The number of nitrogens with one attached hydrogen (secondary N) is 1. The van der Waals surface area contributed by atoms with Gasteiger partial charge in [-0.1, -0.05) is 46.6 Å². The summed E-state index contributed by atoms with van der Waals surface area (Å²) in [7, 11) is 0. The van der Waals surface area contributed by atoms with Crippen LogP contribution in [0.5, 0.6) is 0 Å². The molecule has 1 heterocycles. The fraction of sp³-hybridized carbons (Fsp3) is 0.0833. The van der Waals surface area contributed by atoms with E-state index in [9.17, 15) is 4.79 Å². The van der Waals surface area contributed by atoms with E-state index in [0.717, 1.165) is 0 Å². The fourth-order valence-electron chi connectivity index (χ4n) is 1.38. The predicted molar refractivity (Wildman–Crippen MR) is 83.2 cm³/mol. The molecule has 1 aromatic carbocycles. The van der Waals surface area contributed by atoms with Crippen molar-refractivity contribution in [3.05, 3.63) is 45.2 Å². The number of hydrogen-bond acceptors (Lipinski definition) is 4. The molecule has 1 amide bonds. The van der Waals surface area contributed by atoms with Crippen LogP contribution in [0.2, 0.25) is 15.2 Å². The maximum absolute atomic E-state index is 12.1. The van der Waals surface area contributed by atoms with E-state index in [2.05, 4.69) is 15.3 Å². The van der Waals surface area contributed by atoms with E-state index in [1.165, 1.54) is 24.0 Å². The summed E-state index contributed by atoms with van der Waals surface area (Å²) in [6, 6.07) is 4.76. The molecule has 8 heteroatoms. The van der Waals surface area contributed by atoms with E-state index in [1.54, 1.807) is 12.1 Å². The van der Waals surface area contributed by atoms with E-state index in [4.69, 9.17) is 34.8 Å². The van der Waals surface area contributed by atoms with E-state index in [1.807, 2.05) is 6.26 Å². The van der Waals surface area contributed by atoms with Crippen LogP contribution in [0.3, 0.4) is 0 Å². The minimum atomic E-state index is -0.438. The van der Waals surface area contributed by atoms with Gasteiger partial charge in [-0.05, 0) is 24.5 Å². The maximum Gasteiger partial charge on any atom is 0.260 e. The number of hydrogen-bond donors (Lipinski definition) is 1. The van der Waals surface area contributed by atoms with Crippen LogP contribution in [0.25, 0.3) is 0 Å². The van der Waals surface area contributed by atoms with Gasteiger partial charge in [-0.25, -0.2) is 9.97 Å². The SMILES string of the molecule is CSc1ncc(C(=O)Nc2ccc(Cl)cc2Cl)c(Cl)n1. The monoisotopic (exact) mass is 347 g/mol. The minimum absolute atomic E-state index is 0.0898. The molecule has 2 rings (SSSR count). The first-order valence-electron chi connectivity index (χ1n) is 5.34. The number of amides is 1. The maximum atomic E-state index is 12.1. The molecule has 0 unspecified atom stereocenters. The second kappa shape index (κ2) is 6.63. The van der Waals surface area contributed by atoms with Crippen LogP contribution >= 0.6 is 46.6 Å².